The van der Waals surface area contributed by atoms with Gasteiger partial charge in [0, 0.05) is 6.42 Å². The fourth-order valence-electron chi connectivity index (χ4n) is 9.48. The molecular weight excluding hydrogens is 983 g/mol. The highest BCUT2D eigenvalue weighted by molar-refractivity contribution is 5.76. The molecule has 9 heteroatoms. The maximum atomic E-state index is 13.1. The van der Waals surface area contributed by atoms with Gasteiger partial charge in [-0.25, -0.2) is 0 Å². The third-order valence-electron chi connectivity index (χ3n) is 14.5. The summed E-state index contributed by atoms with van der Waals surface area (Å²) in [5.74, 6) is -0.189. The van der Waals surface area contributed by atoms with Crippen LogP contribution in [0.15, 0.2) is 122 Å². The van der Waals surface area contributed by atoms with E-state index in [2.05, 4.69) is 129 Å². The van der Waals surface area contributed by atoms with Crippen LogP contribution in [-0.2, 0) is 14.3 Å². The fourth-order valence-corrected chi connectivity index (χ4v) is 9.48. The zero-order valence-electron chi connectivity index (χ0n) is 50.3. The van der Waals surface area contributed by atoms with Crippen molar-refractivity contribution >= 4 is 5.91 Å². The van der Waals surface area contributed by atoms with E-state index in [0.717, 1.165) is 89.9 Å². The van der Waals surface area contributed by atoms with E-state index in [1.54, 1.807) is 6.08 Å². The number of carbonyl (C=O) groups excluding carboxylic acids is 1. The minimum absolute atomic E-state index is 0.189. The largest absolute Gasteiger partial charge is 0.394 e. The van der Waals surface area contributed by atoms with Crippen LogP contribution in [-0.4, -0.2) is 87.5 Å². The molecule has 6 N–H and O–H groups in total. The van der Waals surface area contributed by atoms with Crippen molar-refractivity contribution in [1.29, 1.82) is 0 Å². The minimum atomic E-state index is -1.58. The van der Waals surface area contributed by atoms with Crippen molar-refractivity contribution in [3.63, 3.8) is 0 Å². The van der Waals surface area contributed by atoms with Crippen molar-refractivity contribution in [2.24, 2.45) is 0 Å². The number of aliphatic hydroxyl groups excluding tert-OH is 5. The van der Waals surface area contributed by atoms with Gasteiger partial charge in [-0.2, -0.15) is 0 Å². The van der Waals surface area contributed by atoms with Crippen LogP contribution in [0.5, 0.6) is 0 Å². The number of rotatable bonds is 54. The van der Waals surface area contributed by atoms with Gasteiger partial charge in [-0.3, -0.25) is 4.79 Å². The molecule has 0 aromatic rings. The Morgan fingerprint density at radius 1 is 0.443 bits per heavy atom. The first-order chi connectivity index (χ1) is 38.8. The van der Waals surface area contributed by atoms with Gasteiger partial charge in [0.1, 0.15) is 24.4 Å². The molecule has 7 atom stereocenters. The Kier molecular flexibility index (Phi) is 53.9. The molecule has 1 saturated heterocycles. The van der Waals surface area contributed by atoms with Crippen LogP contribution in [0.3, 0.4) is 0 Å². The molecule has 0 aromatic heterocycles. The standard InChI is InChI=1S/C70H119NO8/c1-3-5-7-9-11-13-15-17-19-20-21-22-23-24-25-26-27-28-29-30-31-32-33-34-35-36-37-38-39-40-41-42-43-44-46-48-50-52-54-56-58-60-66(74)71-63(62-78-70-69(77)68(76)67(75)65(61-72)79-70)64(73)59-57-55-53-51-49-47-45-18-16-14-12-10-8-6-4-2/h5,7,11,13,17,19,21-22,24-25,27-28,30-31,33-34,49,51,57,59,63-65,67-70,72-73,75-77H,3-4,6,8-10,12,14-16,18,20,23,26,29,32,35-48,50,52-56,58,60-62H2,1-2H3,(H,71,74)/b7-5-,13-11-,19-17-,22-21-,25-24-,28-27-,31-30-,34-33-,51-49+,59-57+. The third-order valence-corrected chi connectivity index (χ3v) is 14.5. The molecule has 1 amide bonds. The number of unbranched alkanes of at least 4 members (excludes halogenated alkanes) is 26. The lowest BCUT2D eigenvalue weighted by atomic mass is 9.99. The summed E-state index contributed by atoms with van der Waals surface area (Å²) in [5.41, 5.74) is 0. The summed E-state index contributed by atoms with van der Waals surface area (Å²) in [6.45, 7) is 3.64. The van der Waals surface area contributed by atoms with E-state index in [-0.39, 0.29) is 12.5 Å². The van der Waals surface area contributed by atoms with Crippen molar-refractivity contribution in [2.45, 2.75) is 301 Å². The quantitative estimate of drug-likeness (QED) is 0.0261. The number of nitrogens with one attached hydrogen (secondary N) is 1. The molecule has 9 nitrogen and oxygen atoms in total. The predicted molar refractivity (Wildman–Crippen MR) is 336 cm³/mol. The molecule has 0 aromatic carbocycles. The van der Waals surface area contributed by atoms with Crippen LogP contribution < -0.4 is 5.32 Å². The highest BCUT2D eigenvalue weighted by atomic mass is 16.7. The van der Waals surface area contributed by atoms with Gasteiger partial charge in [-0.1, -0.05) is 277 Å². The molecule has 1 fully saturated rings. The van der Waals surface area contributed by atoms with Crippen LogP contribution in [0.2, 0.25) is 0 Å². The molecule has 0 radical (unpaired) electrons. The second kappa shape index (κ2) is 57.8. The van der Waals surface area contributed by atoms with Crippen molar-refractivity contribution in [2.75, 3.05) is 13.2 Å². The van der Waals surface area contributed by atoms with Crippen molar-refractivity contribution in [1.82, 2.24) is 5.32 Å². The molecule has 1 heterocycles. The van der Waals surface area contributed by atoms with Gasteiger partial charge in [0.25, 0.3) is 0 Å². The first-order valence-electron chi connectivity index (χ1n) is 32.3. The summed E-state index contributed by atoms with van der Waals surface area (Å²) in [5, 5.41) is 54.5. The van der Waals surface area contributed by atoms with Gasteiger partial charge in [-0.05, 0) is 96.3 Å². The van der Waals surface area contributed by atoms with E-state index >= 15 is 0 Å². The number of carbonyl (C=O) groups is 1. The van der Waals surface area contributed by atoms with Gasteiger partial charge in [-0.15, -0.1) is 0 Å². The number of allylic oxidation sites excluding steroid dienone is 19. The van der Waals surface area contributed by atoms with Crippen LogP contribution >= 0.6 is 0 Å². The highest BCUT2D eigenvalue weighted by Gasteiger charge is 2.44. The molecular formula is C70H119NO8. The van der Waals surface area contributed by atoms with E-state index in [4.69, 9.17) is 9.47 Å². The summed E-state index contributed by atoms with van der Waals surface area (Å²) in [7, 11) is 0. The number of hydrogen-bond donors (Lipinski definition) is 6. The molecule has 0 aliphatic carbocycles. The smallest absolute Gasteiger partial charge is 0.220 e. The molecule has 452 valence electrons. The number of amides is 1. The molecule has 7 unspecified atom stereocenters. The maximum Gasteiger partial charge on any atom is 0.220 e. The SMILES string of the molecule is CC/C=C\C/C=C\C/C=C\C/C=C\C/C=C\C/C=C\C/C=C\C/C=C\CCCCCCCCCCCCCCCCCCC(=O)NC(COC1OC(CO)C(O)C(O)C1O)C(O)/C=C/CC/C=C/CCCCCCCCCCC. The molecule has 1 rings (SSSR count). The van der Waals surface area contributed by atoms with E-state index < -0.39 is 49.5 Å². The van der Waals surface area contributed by atoms with Gasteiger partial charge < -0.3 is 40.3 Å². The Balaban J connectivity index is 2.10. The van der Waals surface area contributed by atoms with Gasteiger partial charge in [0.05, 0.1) is 25.4 Å². The van der Waals surface area contributed by atoms with Gasteiger partial charge in [0.15, 0.2) is 6.29 Å². The average molecular weight is 1100 g/mol. The van der Waals surface area contributed by atoms with Crippen molar-refractivity contribution < 1.29 is 39.8 Å². The average Bonchev–Trinajstić information content (AvgIpc) is 3.46. The summed E-state index contributed by atoms with van der Waals surface area (Å²) in [6.07, 6.45) is 80.0. The van der Waals surface area contributed by atoms with E-state index in [9.17, 15) is 30.3 Å². The Morgan fingerprint density at radius 3 is 1.22 bits per heavy atom. The van der Waals surface area contributed by atoms with Gasteiger partial charge in [0.2, 0.25) is 5.91 Å². The van der Waals surface area contributed by atoms with E-state index in [1.165, 1.54) is 148 Å². The topological polar surface area (TPSA) is 149 Å². The zero-order chi connectivity index (χ0) is 57.2. The van der Waals surface area contributed by atoms with Crippen molar-refractivity contribution in [3.8, 4) is 0 Å². The van der Waals surface area contributed by atoms with E-state index in [0.29, 0.717) is 6.42 Å². The lowest BCUT2D eigenvalue weighted by Gasteiger charge is -2.40. The van der Waals surface area contributed by atoms with Crippen molar-refractivity contribution in [3.05, 3.63) is 122 Å². The predicted octanol–water partition coefficient (Wildman–Crippen LogP) is 17.1. The second-order valence-electron chi connectivity index (χ2n) is 21.8. The Hall–Kier alpha value is -3.41. The molecule has 0 spiro atoms. The molecule has 0 bridgehead atoms. The minimum Gasteiger partial charge on any atom is -0.394 e. The van der Waals surface area contributed by atoms with Crippen LogP contribution in [0.4, 0.5) is 0 Å². The first kappa shape index (κ1) is 73.6. The van der Waals surface area contributed by atoms with Crippen LogP contribution in [0.1, 0.15) is 258 Å². The highest BCUT2D eigenvalue weighted by Crippen LogP contribution is 2.23. The Bertz CT molecular complexity index is 1660. The molecule has 0 saturated carbocycles. The maximum absolute atomic E-state index is 13.1. The van der Waals surface area contributed by atoms with Gasteiger partial charge >= 0.3 is 0 Å². The summed E-state index contributed by atoms with van der Waals surface area (Å²) >= 11 is 0. The lowest BCUT2D eigenvalue weighted by molar-refractivity contribution is -0.302. The Labute approximate surface area is 484 Å². The normalized spacial score (nSPS) is 19.4. The fraction of sp³-hybridized carbons (Fsp3) is 0.700. The van der Waals surface area contributed by atoms with E-state index in [1.807, 2.05) is 6.08 Å². The summed E-state index contributed by atoms with van der Waals surface area (Å²) in [4.78, 5) is 13.1. The number of ether oxygens (including phenoxy) is 2. The molecule has 79 heavy (non-hydrogen) atoms. The monoisotopic (exact) mass is 1100 g/mol. The van der Waals surface area contributed by atoms with Crippen LogP contribution in [0, 0.1) is 0 Å². The second-order valence-corrected chi connectivity index (χ2v) is 21.8. The Morgan fingerprint density at radius 2 is 0.797 bits per heavy atom. The summed E-state index contributed by atoms with van der Waals surface area (Å²) in [6, 6.07) is -0.827. The zero-order valence-corrected chi connectivity index (χ0v) is 50.3. The number of aliphatic hydroxyl groups is 5. The lowest BCUT2D eigenvalue weighted by Crippen LogP contribution is -2.60. The van der Waals surface area contributed by atoms with Crippen LogP contribution in [0.25, 0.3) is 0 Å². The number of hydrogen-bond acceptors (Lipinski definition) is 8. The molecule has 1 aliphatic heterocycles. The molecule has 1 aliphatic rings. The first-order valence-corrected chi connectivity index (χ1v) is 32.3. The summed E-state index contributed by atoms with van der Waals surface area (Å²) < 4.78 is 11.3. The third kappa shape index (κ3) is 46.9.